The first-order valence-electron chi connectivity index (χ1n) is 8.92. The molecule has 3 aromatic rings. The number of alkyl halides is 3. The maximum Gasteiger partial charge on any atom is 0.416 e. The molecule has 2 aromatic carbocycles. The number of aromatic nitrogens is 2. The number of hydrogen-bond donors (Lipinski definition) is 2. The molecule has 9 heteroatoms. The Bertz CT molecular complexity index is 1080. The summed E-state index contributed by atoms with van der Waals surface area (Å²) in [6.07, 6.45) is -4.11. The average Bonchev–Trinajstić information content (AvgIpc) is 2.72. The number of nitrogens with zero attached hydrogens (tertiary/aromatic N) is 1. The number of nitrogens with one attached hydrogen (secondary N) is 2. The van der Waals surface area contributed by atoms with E-state index >= 15 is 0 Å². The molecule has 0 saturated carbocycles. The fourth-order valence-corrected chi connectivity index (χ4v) is 2.73. The molecule has 1 aromatic heterocycles. The number of aromatic amines is 1. The van der Waals surface area contributed by atoms with Gasteiger partial charge in [0.05, 0.1) is 12.7 Å². The highest BCUT2D eigenvalue weighted by Crippen LogP contribution is 2.29. The van der Waals surface area contributed by atoms with Gasteiger partial charge in [0.15, 0.2) is 0 Å². The highest BCUT2D eigenvalue weighted by Gasteiger charge is 2.29. The summed E-state index contributed by atoms with van der Waals surface area (Å²) < 4.78 is 42.9. The van der Waals surface area contributed by atoms with Gasteiger partial charge >= 0.3 is 6.18 Å². The minimum Gasteiger partial charge on any atom is -0.497 e. The summed E-state index contributed by atoms with van der Waals surface area (Å²) in [5.74, 6) is 0.404. The summed E-state index contributed by atoms with van der Waals surface area (Å²) in [6.45, 7) is -0.000731. The molecule has 0 aliphatic carbocycles. The van der Waals surface area contributed by atoms with Crippen LogP contribution in [0.2, 0.25) is 0 Å². The third kappa shape index (κ3) is 5.47. The molecule has 0 saturated heterocycles. The van der Waals surface area contributed by atoms with Crippen LogP contribution in [0.25, 0.3) is 0 Å². The minimum absolute atomic E-state index is 0.000731. The first-order valence-corrected chi connectivity index (χ1v) is 8.92. The van der Waals surface area contributed by atoms with Crippen molar-refractivity contribution in [1.29, 1.82) is 0 Å². The first kappa shape index (κ1) is 21.1. The van der Waals surface area contributed by atoms with Crippen molar-refractivity contribution < 1.29 is 22.7 Å². The van der Waals surface area contributed by atoms with Crippen LogP contribution in [0, 0.1) is 0 Å². The zero-order valence-corrected chi connectivity index (χ0v) is 15.9. The summed E-state index contributed by atoms with van der Waals surface area (Å²) in [6, 6.07) is 12.7. The van der Waals surface area contributed by atoms with Crippen molar-refractivity contribution in [2.45, 2.75) is 19.1 Å². The van der Waals surface area contributed by atoms with Crippen LogP contribution in [-0.4, -0.2) is 23.0 Å². The van der Waals surface area contributed by atoms with Gasteiger partial charge in [-0.15, -0.1) is 0 Å². The van der Waals surface area contributed by atoms with E-state index in [1.807, 2.05) is 12.1 Å². The molecule has 0 radical (unpaired) electrons. The summed E-state index contributed by atoms with van der Waals surface area (Å²) in [4.78, 5) is 31.0. The number of ether oxygens (including phenoxy) is 1. The number of halogens is 3. The Morgan fingerprint density at radius 3 is 2.30 bits per heavy atom. The van der Waals surface area contributed by atoms with Crippen molar-refractivity contribution >= 4 is 5.91 Å². The molecule has 0 fully saturated rings. The van der Waals surface area contributed by atoms with E-state index in [2.05, 4.69) is 15.3 Å². The standard InChI is InChI=1S/C21H18F3N3O3/c1-30-16-8-4-13(5-9-16)10-18-26-17(11-19(28)27-18)20(29)25-12-14-2-6-15(7-3-14)21(22,23)24/h2-9,11H,10,12H2,1H3,(H,25,29)(H,26,27,28). The Labute approximate surface area is 169 Å². The Hall–Kier alpha value is -3.62. The molecular formula is C21H18F3N3O3. The molecular weight excluding hydrogens is 399 g/mol. The predicted molar refractivity (Wildman–Crippen MR) is 103 cm³/mol. The van der Waals surface area contributed by atoms with E-state index in [0.717, 1.165) is 23.8 Å². The maximum absolute atomic E-state index is 12.6. The number of H-pyrrole nitrogens is 1. The lowest BCUT2D eigenvalue weighted by molar-refractivity contribution is -0.137. The van der Waals surface area contributed by atoms with Gasteiger partial charge in [-0.3, -0.25) is 9.59 Å². The first-order chi connectivity index (χ1) is 14.2. The summed E-state index contributed by atoms with van der Waals surface area (Å²) >= 11 is 0. The molecule has 0 aliphatic heterocycles. The lowest BCUT2D eigenvalue weighted by Gasteiger charge is -2.09. The third-order valence-electron chi connectivity index (χ3n) is 4.29. The fourth-order valence-electron chi connectivity index (χ4n) is 2.73. The number of amides is 1. The van der Waals surface area contributed by atoms with Crippen LogP contribution in [0.15, 0.2) is 59.4 Å². The van der Waals surface area contributed by atoms with Gasteiger partial charge in [-0.2, -0.15) is 13.2 Å². The van der Waals surface area contributed by atoms with Crippen LogP contribution in [0.3, 0.4) is 0 Å². The van der Waals surface area contributed by atoms with Crippen LogP contribution in [-0.2, 0) is 19.1 Å². The normalized spacial score (nSPS) is 11.2. The molecule has 0 spiro atoms. The molecule has 6 nitrogen and oxygen atoms in total. The highest BCUT2D eigenvalue weighted by atomic mass is 19.4. The fraction of sp³-hybridized carbons (Fsp3) is 0.190. The molecule has 156 valence electrons. The lowest BCUT2D eigenvalue weighted by Crippen LogP contribution is -2.26. The Morgan fingerprint density at radius 1 is 1.07 bits per heavy atom. The molecule has 0 aliphatic rings. The van der Waals surface area contributed by atoms with Crippen LogP contribution in [0.1, 0.15) is 33.0 Å². The van der Waals surface area contributed by atoms with Crippen molar-refractivity contribution in [3.63, 3.8) is 0 Å². The van der Waals surface area contributed by atoms with E-state index in [-0.39, 0.29) is 12.2 Å². The van der Waals surface area contributed by atoms with Gasteiger partial charge in [-0.1, -0.05) is 24.3 Å². The van der Waals surface area contributed by atoms with Crippen LogP contribution < -0.4 is 15.6 Å². The van der Waals surface area contributed by atoms with Crippen molar-refractivity contribution in [2.24, 2.45) is 0 Å². The van der Waals surface area contributed by atoms with Crippen molar-refractivity contribution in [1.82, 2.24) is 15.3 Å². The van der Waals surface area contributed by atoms with Gasteiger partial charge in [0.1, 0.15) is 17.3 Å². The second kappa shape index (κ2) is 8.81. The van der Waals surface area contributed by atoms with Gasteiger partial charge in [0.25, 0.3) is 11.5 Å². The largest absolute Gasteiger partial charge is 0.497 e. The van der Waals surface area contributed by atoms with E-state index in [0.29, 0.717) is 23.6 Å². The molecule has 30 heavy (non-hydrogen) atoms. The molecule has 2 N–H and O–H groups in total. The number of methoxy groups -OCH3 is 1. The van der Waals surface area contributed by atoms with E-state index < -0.39 is 23.2 Å². The van der Waals surface area contributed by atoms with Gasteiger partial charge in [-0.25, -0.2) is 4.98 Å². The topological polar surface area (TPSA) is 84.1 Å². The Morgan fingerprint density at radius 2 is 1.70 bits per heavy atom. The summed E-state index contributed by atoms with van der Waals surface area (Å²) in [5.41, 5.74) is 0.0280. The molecule has 0 bridgehead atoms. The molecule has 0 atom stereocenters. The smallest absolute Gasteiger partial charge is 0.416 e. The second-order valence-electron chi connectivity index (χ2n) is 6.48. The molecule has 3 rings (SSSR count). The number of rotatable bonds is 6. The van der Waals surface area contributed by atoms with Gasteiger partial charge in [0.2, 0.25) is 0 Å². The second-order valence-corrected chi connectivity index (χ2v) is 6.48. The van der Waals surface area contributed by atoms with E-state index in [9.17, 15) is 22.8 Å². The monoisotopic (exact) mass is 417 g/mol. The van der Waals surface area contributed by atoms with Crippen molar-refractivity contribution in [3.8, 4) is 5.75 Å². The number of carbonyl (C=O) groups excluding carboxylic acids is 1. The van der Waals surface area contributed by atoms with Crippen LogP contribution in [0.5, 0.6) is 5.75 Å². The minimum atomic E-state index is -4.42. The Balaban J connectivity index is 1.67. The predicted octanol–water partition coefficient (Wildman–Crippen LogP) is 3.32. The molecule has 1 heterocycles. The van der Waals surface area contributed by atoms with E-state index in [4.69, 9.17) is 4.74 Å². The SMILES string of the molecule is COc1ccc(Cc2nc(C(=O)NCc3ccc(C(F)(F)F)cc3)cc(=O)[nH]2)cc1. The van der Waals surface area contributed by atoms with Crippen molar-refractivity contribution in [3.05, 3.63) is 93.2 Å². The third-order valence-corrected chi connectivity index (χ3v) is 4.29. The highest BCUT2D eigenvalue weighted by molar-refractivity contribution is 5.92. The van der Waals surface area contributed by atoms with Crippen LogP contribution in [0.4, 0.5) is 13.2 Å². The lowest BCUT2D eigenvalue weighted by atomic mass is 10.1. The maximum atomic E-state index is 12.6. The molecule has 1 amide bonds. The van der Waals surface area contributed by atoms with Gasteiger partial charge < -0.3 is 15.0 Å². The van der Waals surface area contributed by atoms with E-state index in [1.165, 1.54) is 12.1 Å². The van der Waals surface area contributed by atoms with Gasteiger partial charge in [0, 0.05) is 19.0 Å². The van der Waals surface area contributed by atoms with E-state index in [1.54, 1.807) is 19.2 Å². The average molecular weight is 417 g/mol. The van der Waals surface area contributed by atoms with Crippen molar-refractivity contribution in [2.75, 3.05) is 7.11 Å². The quantitative estimate of drug-likeness (QED) is 0.645. The Kier molecular flexibility index (Phi) is 6.20. The van der Waals surface area contributed by atoms with Gasteiger partial charge in [-0.05, 0) is 35.4 Å². The van der Waals surface area contributed by atoms with Crippen LogP contribution >= 0.6 is 0 Å². The summed E-state index contributed by atoms with van der Waals surface area (Å²) in [5, 5.41) is 2.55. The zero-order chi connectivity index (χ0) is 21.7. The number of hydrogen-bond acceptors (Lipinski definition) is 4. The zero-order valence-electron chi connectivity index (χ0n) is 15.9. The number of benzene rings is 2. The summed E-state index contributed by atoms with van der Waals surface area (Å²) in [7, 11) is 1.56. The number of carbonyl (C=O) groups is 1. The molecule has 0 unspecified atom stereocenters.